The number of para-hydroxylation sites is 1. The largest absolute Gasteiger partial charge is 0.573 e. The van der Waals surface area contributed by atoms with E-state index < -0.39 is 6.36 Å². The van der Waals surface area contributed by atoms with Crippen LogP contribution in [0.15, 0.2) is 41.6 Å². The molecule has 1 fully saturated rings. The molecule has 6 nitrogen and oxygen atoms in total. The summed E-state index contributed by atoms with van der Waals surface area (Å²) in [4.78, 5) is 4.53. The SMILES string of the molecule is CC(C)c1cnc2c(NCc3ccccc3OC(F)(F)F)cc(SC3CCCNC3)nn12.Cl. The summed E-state index contributed by atoms with van der Waals surface area (Å²) in [6, 6.07) is 8.06. The Labute approximate surface area is 201 Å². The maximum absolute atomic E-state index is 12.8. The molecule has 3 aromatic rings. The highest BCUT2D eigenvalue weighted by molar-refractivity contribution is 7.99. The molecule has 1 aliphatic rings. The second-order valence-electron chi connectivity index (χ2n) is 8.06. The van der Waals surface area contributed by atoms with Gasteiger partial charge in [0.25, 0.3) is 0 Å². The molecule has 1 aromatic carbocycles. The molecule has 0 spiro atoms. The Bertz CT molecular complexity index is 1070. The van der Waals surface area contributed by atoms with E-state index in [-0.39, 0.29) is 30.6 Å². The van der Waals surface area contributed by atoms with Gasteiger partial charge >= 0.3 is 6.36 Å². The van der Waals surface area contributed by atoms with Crippen molar-refractivity contribution in [1.82, 2.24) is 19.9 Å². The van der Waals surface area contributed by atoms with Crippen molar-refractivity contribution in [1.29, 1.82) is 0 Å². The number of benzene rings is 1. The van der Waals surface area contributed by atoms with Crippen molar-refractivity contribution >= 4 is 35.5 Å². The molecular formula is C22H27ClF3N5OS. The number of fused-ring (bicyclic) bond motifs is 1. The monoisotopic (exact) mass is 501 g/mol. The molecule has 0 radical (unpaired) electrons. The van der Waals surface area contributed by atoms with Gasteiger partial charge in [-0.15, -0.1) is 25.6 Å². The van der Waals surface area contributed by atoms with Crippen LogP contribution >= 0.6 is 24.2 Å². The van der Waals surface area contributed by atoms with Gasteiger partial charge in [-0.1, -0.05) is 43.8 Å². The van der Waals surface area contributed by atoms with E-state index >= 15 is 0 Å². The lowest BCUT2D eigenvalue weighted by atomic mass is 10.1. The lowest BCUT2D eigenvalue weighted by Gasteiger charge is -2.22. The number of thioether (sulfide) groups is 1. The van der Waals surface area contributed by atoms with E-state index in [9.17, 15) is 13.2 Å². The van der Waals surface area contributed by atoms with Gasteiger partial charge in [0, 0.05) is 23.9 Å². The van der Waals surface area contributed by atoms with Crippen molar-refractivity contribution in [2.24, 2.45) is 0 Å². The van der Waals surface area contributed by atoms with E-state index in [2.05, 4.69) is 34.2 Å². The minimum atomic E-state index is -4.74. The Morgan fingerprint density at radius 1 is 1.30 bits per heavy atom. The van der Waals surface area contributed by atoms with Crippen LogP contribution in [0.1, 0.15) is 43.9 Å². The average Bonchev–Trinajstić information content (AvgIpc) is 3.17. The summed E-state index contributed by atoms with van der Waals surface area (Å²) in [6.07, 6.45) is -0.699. The predicted octanol–water partition coefficient (Wildman–Crippen LogP) is 5.63. The first-order chi connectivity index (χ1) is 15.3. The number of piperidine rings is 1. The molecule has 1 saturated heterocycles. The topological polar surface area (TPSA) is 63.5 Å². The van der Waals surface area contributed by atoms with Crippen LogP contribution in [-0.2, 0) is 6.54 Å². The van der Waals surface area contributed by atoms with Crippen LogP contribution in [0, 0.1) is 0 Å². The Balaban J connectivity index is 0.00000306. The second-order valence-corrected chi connectivity index (χ2v) is 9.39. The van der Waals surface area contributed by atoms with E-state index in [0.717, 1.165) is 42.3 Å². The van der Waals surface area contributed by atoms with E-state index in [1.807, 2.05) is 10.6 Å². The number of imidazole rings is 1. The van der Waals surface area contributed by atoms with Crippen LogP contribution in [0.5, 0.6) is 5.75 Å². The zero-order valence-corrected chi connectivity index (χ0v) is 20.0. The number of hydrogen-bond donors (Lipinski definition) is 2. The third-order valence-electron chi connectivity index (χ3n) is 5.27. The van der Waals surface area contributed by atoms with Crippen molar-refractivity contribution in [3.8, 4) is 5.75 Å². The second kappa shape index (κ2) is 10.8. The fourth-order valence-electron chi connectivity index (χ4n) is 3.70. The number of nitrogens with zero attached hydrogens (tertiary/aromatic N) is 3. The number of alkyl halides is 3. The van der Waals surface area contributed by atoms with Gasteiger partial charge < -0.3 is 15.4 Å². The lowest BCUT2D eigenvalue weighted by molar-refractivity contribution is -0.274. The molecule has 0 saturated carbocycles. The van der Waals surface area contributed by atoms with Crippen LogP contribution in [0.4, 0.5) is 18.9 Å². The molecule has 2 N–H and O–H groups in total. The van der Waals surface area contributed by atoms with E-state index in [0.29, 0.717) is 16.5 Å². The van der Waals surface area contributed by atoms with Crippen molar-refractivity contribution in [2.75, 3.05) is 18.4 Å². The summed E-state index contributed by atoms with van der Waals surface area (Å²) in [6.45, 7) is 6.28. The Morgan fingerprint density at radius 2 is 2.09 bits per heavy atom. The van der Waals surface area contributed by atoms with Gasteiger partial charge in [-0.25, -0.2) is 9.50 Å². The van der Waals surface area contributed by atoms with Crippen molar-refractivity contribution in [2.45, 2.75) is 55.8 Å². The molecule has 3 heterocycles. The Kier molecular flexibility index (Phi) is 8.36. The molecule has 0 amide bonds. The summed E-state index contributed by atoms with van der Waals surface area (Å²) in [5, 5.41) is 12.8. The number of aromatic nitrogens is 3. The maximum Gasteiger partial charge on any atom is 0.573 e. The Morgan fingerprint density at radius 3 is 2.79 bits per heavy atom. The van der Waals surface area contributed by atoms with Gasteiger partial charge in [0.15, 0.2) is 5.65 Å². The van der Waals surface area contributed by atoms with Crippen molar-refractivity contribution < 1.29 is 17.9 Å². The quantitative estimate of drug-likeness (QED) is 0.437. The average molecular weight is 502 g/mol. The minimum Gasteiger partial charge on any atom is -0.405 e. The van der Waals surface area contributed by atoms with Crippen LogP contribution in [0.25, 0.3) is 5.65 Å². The van der Waals surface area contributed by atoms with E-state index in [1.165, 1.54) is 12.1 Å². The standard InChI is InChI=1S/C22H26F3N5OS.ClH/c1-14(2)18-13-28-21-17(10-20(29-30(18)21)32-16-7-5-9-26-12-16)27-11-15-6-3-4-8-19(15)31-22(23,24)25;/h3-4,6,8,10,13-14,16,26-27H,5,7,9,11-12H2,1-2H3;1H. The van der Waals surface area contributed by atoms with E-state index in [4.69, 9.17) is 5.10 Å². The summed E-state index contributed by atoms with van der Waals surface area (Å²) in [7, 11) is 0. The fourth-order valence-corrected chi connectivity index (χ4v) is 4.84. The summed E-state index contributed by atoms with van der Waals surface area (Å²) in [5.74, 6) is 0.00882. The van der Waals surface area contributed by atoms with Crippen molar-refractivity contribution in [3.05, 3.63) is 47.8 Å². The highest BCUT2D eigenvalue weighted by Crippen LogP contribution is 2.32. The third kappa shape index (κ3) is 6.45. The van der Waals surface area contributed by atoms with Crippen LogP contribution < -0.4 is 15.4 Å². The number of rotatable bonds is 7. The van der Waals surface area contributed by atoms with Gasteiger partial charge in [-0.05, 0) is 37.4 Å². The predicted molar refractivity (Wildman–Crippen MR) is 127 cm³/mol. The summed E-state index contributed by atoms with van der Waals surface area (Å²) >= 11 is 1.71. The zero-order chi connectivity index (χ0) is 22.7. The lowest BCUT2D eigenvalue weighted by Crippen LogP contribution is -2.31. The van der Waals surface area contributed by atoms with Gasteiger partial charge in [0.2, 0.25) is 0 Å². The van der Waals surface area contributed by atoms with Crippen molar-refractivity contribution in [3.63, 3.8) is 0 Å². The zero-order valence-electron chi connectivity index (χ0n) is 18.4. The van der Waals surface area contributed by atoms with Gasteiger partial charge in [-0.2, -0.15) is 5.10 Å². The number of anilines is 1. The molecule has 1 atom stereocenters. The van der Waals surface area contributed by atoms with Crippen LogP contribution in [-0.4, -0.2) is 39.3 Å². The molecule has 4 rings (SSSR count). The minimum absolute atomic E-state index is 0. The highest BCUT2D eigenvalue weighted by atomic mass is 35.5. The first kappa shape index (κ1) is 25.5. The smallest absolute Gasteiger partial charge is 0.405 e. The normalized spacial score (nSPS) is 16.6. The summed E-state index contributed by atoms with van der Waals surface area (Å²) in [5.41, 5.74) is 2.75. The first-order valence-electron chi connectivity index (χ1n) is 10.6. The van der Waals surface area contributed by atoms with Crippen LogP contribution in [0.2, 0.25) is 0 Å². The first-order valence-corrected chi connectivity index (χ1v) is 11.5. The number of ether oxygens (including phenoxy) is 1. The molecule has 11 heteroatoms. The van der Waals surface area contributed by atoms with Gasteiger partial charge in [0.05, 0.1) is 17.6 Å². The molecular weight excluding hydrogens is 475 g/mol. The number of hydrogen-bond acceptors (Lipinski definition) is 6. The maximum atomic E-state index is 12.8. The molecule has 0 bridgehead atoms. The fraction of sp³-hybridized carbons (Fsp3) is 0.455. The van der Waals surface area contributed by atoms with Gasteiger partial charge in [0.1, 0.15) is 10.8 Å². The Hall–Kier alpha value is -2.17. The van der Waals surface area contributed by atoms with Crippen LogP contribution in [0.3, 0.4) is 0 Å². The third-order valence-corrected chi connectivity index (χ3v) is 6.45. The highest BCUT2D eigenvalue weighted by Gasteiger charge is 2.32. The number of nitrogens with one attached hydrogen (secondary N) is 2. The molecule has 180 valence electrons. The molecule has 2 aromatic heterocycles. The molecule has 0 aliphatic carbocycles. The molecule has 33 heavy (non-hydrogen) atoms. The summed E-state index contributed by atoms with van der Waals surface area (Å²) < 4.78 is 44.3. The van der Waals surface area contributed by atoms with Gasteiger partial charge in [-0.3, -0.25) is 0 Å². The number of halogens is 4. The molecule has 1 aliphatic heterocycles. The molecule has 1 unspecified atom stereocenters. The van der Waals surface area contributed by atoms with E-state index in [1.54, 1.807) is 30.1 Å².